The van der Waals surface area contributed by atoms with Gasteiger partial charge in [0.25, 0.3) is 0 Å². The highest BCUT2D eigenvalue weighted by Gasteiger charge is 2.21. The predicted molar refractivity (Wildman–Crippen MR) is 111 cm³/mol. The number of aryl methyl sites for hydroxylation is 1. The number of fused-ring (bicyclic) bond motifs is 1. The highest BCUT2D eigenvalue weighted by Crippen LogP contribution is 2.41. The first-order valence-electron chi connectivity index (χ1n) is 8.34. The first-order valence-corrected chi connectivity index (χ1v) is 9.85. The number of nitrogens with zero attached hydrogens (tertiary/aromatic N) is 2. The Morgan fingerprint density at radius 1 is 1.00 bits per heavy atom. The topological polar surface area (TPSA) is 27.1 Å². The number of hydrogen-bond acceptors (Lipinski definition) is 2. The minimum Gasteiger partial charge on any atom is -0.422 e. The molecule has 3 aromatic rings. The molecule has 7 heteroatoms. The van der Waals surface area contributed by atoms with Gasteiger partial charge < -0.3 is 4.74 Å². The lowest BCUT2D eigenvalue weighted by Crippen LogP contribution is -2.01. The maximum absolute atomic E-state index is 6.39. The molecule has 0 fully saturated rings. The molecule has 3 rings (SSSR count). The van der Waals surface area contributed by atoms with Gasteiger partial charge in [-0.05, 0) is 42.5 Å². The van der Waals surface area contributed by atoms with Crippen molar-refractivity contribution in [1.29, 1.82) is 0 Å². The van der Waals surface area contributed by atoms with Crippen LogP contribution in [0.2, 0.25) is 20.1 Å². The van der Waals surface area contributed by atoms with Crippen LogP contribution < -0.4 is 4.74 Å². The predicted octanol–water partition coefficient (Wildman–Crippen LogP) is 7.88. The lowest BCUT2D eigenvalue weighted by molar-refractivity contribution is 0.428. The van der Waals surface area contributed by atoms with E-state index in [-0.39, 0.29) is 0 Å². The van der Waals surface area contributed by atoms with Crippen molar-refractivity contribution >= 4 is 57.4 Å². The molecule has 0 radical (unpaired) electrons. The molecule has 0 N–H and O–H groups in total. The lowest BCUT2D eigenvalue weighted by Gasteiger charge is -2.15. The van der Waals surface area contributed by atoms with Gasteiger partial charge in [-0.1, -0.05) is 66.3 Å². The average molecular weight is 432 g/mol. The average Bonchev–Trinajstić information content (AvgIpc) is 2.92. The fourth-order valence-electron chi connectivity index (χ4n) is 3.16. The van der Waals surface area contributed by atoms with Gasteiger partial charge in [0.15, 0.2) is 5.75 Å². The van der Waals surface area contributed by atoms with Crippen LogP contribution in [-0.4, -0.2) is 9.55 Å². The van der Waals surface area contributed by atoms with Crippen molar-refractivity contribution < 1.29 is 4.74 Å². The Morgan fingerprint density at radius 3 is 2.19 bits per heavy atom. The molecule has 0 spiro atoms. The Labute approximate surface area is 172 Å². The molecule has 0 bridgehead atoms. The third-order valence-electron chi connectivity index (χ3n) is 4.54. The summed E-state index contributed by atoms with van der Waals surface area (Å²) in [5.74, 6) is 0.733. The Morgan fingerprint density at radius 2 is 1.62 bits per heavy atom. The molecule has 26 heavy (non-hydrogen) atoms. The molecule has 2 aromatic carbocycles. The molecule has 138 valence electrons. The van der Waals surface area contributed by atoms with E-state index >= 15 is 0 Å². The van der Waals surface area contributed by atoms with Crippen LogP contribution in [0.5, 0.6) is 11.8 Å². The van der Waals surface area contributed by atoms with E-state index < -0.39 is 0 Å². The largest absolute Gasteiger partial charge is 0.422 e. The fourth-order valence-corrected chi connectivity index (χ4v) is 4.25. The molecule has 1 heterocycles. The van der Waals surface area contributed by atoms with Crippen LogP contribution in [0.3, 0.4) is 0 Å². The van der Waals surface area contributed by atoms with Crippen LogP contribution in [0.25, 0.3) is 11.0 Å². The highest BCUT2D eigenvalue weighted by atomic mass is 35.5. The van der Waals surface area contributed by atoms with Gasteiger partial charge in [-0.2, -0.15) is 4.98 Å². The zero-order valence-corrected chi connectivity index (χ0v) is 17.6. The van der Waals surface area contributed by atoms with E-state index in [1.807, 2.05) is 17.7 Å². The fraction of sp³-hybridized carbons (Fsp3) is 0.316. The normalized spacial score (nSPS) is 11.5. The summed E-state index contributed by atoms with van der Waals surface area (Å²) in [6, 6.07) is 7.48. The number of halogens is 4. The van der Waals surface area contributed by atoms with Crippen molar-refractivity contribution in [1.82, 2.24) is 9.55 Å². The van der Waals surface area contributed by atoms with E-state index in [4.69, 9.17) is 51.1 Å². The summed E-state index contributed by atoms with van der Waals surface area (Å²) >= 11 is 24.8. The number of rotatable bonds is 5. The minimum atomic E-state index is 0.316. The van der Waals surface area contributed by atoms with Crippen LogP contribution in [0, 0.1) is 0 Å². The number of aromatic nitrogens is 2. The molecule has 0 aliphatic carbocycles. The smallest absolute Gasteiger partial charge is 0.302 e. The third-order valence-corrected chi connectivity index (χ3v) is 5.63. The number of benzene rings is 2. The van der Waals surface area contributed by atoms with Crippen LogP contribution >= 0.6 is 46.4 Å². The zero-order chi connectivity index (χ0) is 19.0. The van der Waals surface area contributed by atoms with E-state index in [0.29, 0.717) is 43.3 Å². The Kier molecular flexibility index (Phi) is 5.93. The lowest BCUT2D eigenvalue weighted by atomic mass is 9.93. The summed E-state index contributed by atoms with van der Waals surface area (Å²) in [7, 11) is 1.89. The van der Waals surface area contributed by atoms with Gasteiger partial charge in [-0.3, -0.25) is 4.57 Å². The van der Waals surface area contributed by atoms with Crippen molar-refractivity contribution in [2.45, 2.75) is 32.6 Å². The number of imidazole rings is 1. The van der Waals surface area contributed by atoms with Crippen molar-refractivity contribution in [2.24, 2.45) is 7.05 Å². The summed E-state index contributed by atoms with van der Waals surface area (Å²) in [4.78, 5) is 4.58. The third kappa shape index (κ3) is 3.50. The monoisotopic (exact) mass is 430 g/mol. The quantitative estimate of drug-likeness (QED) is 0.410. The van der Waals surface area contributed by atoms with Gasteiger partial charge in [0.05, 0.1) is 20.6 Å². The van der Waals surface area contributed by atoms with E-state index in [1.54, 1.807) is 12.1 Å². The van der Waals surface area contributed by atoms with E-state index in [2.05, 4.69) is 24.9 Å². The molecule has 0 saturated heterocycles. The zero-order valence-electron chi connectivity index (χ0n) is 14.6. The van der Waals surface area contributed by atoms with Crippen LogP contribution in [0.15, 0.2) is 24.3 Å². The number of ether oxygens (including phenoxy) is 1. The van der Waals surface area contributed by atoms with Gasteiger partial charge in [0.2, 0.25) is 0 Å². The summed E-state index contributed by atoms with van der Waals surface area (Å²) in [6.07, 6.45) is 2.06. The minimum absolute atomic E-state index is 0.316. The van der Waals surface area contributed by atoms with Crippen LogP contribution in [0.4, 0.5) is 0 Å². The molecule has 3 nitrogen and oxygen atoms in total. The Balaban J connectivity index is 2.16. The molecular weight excluding hydrogens is 414 g/mol. The molecule has 0 unspecified atom stereocenters. The molecule has 0 amide bonds. The van der Waals surface area contributed by atoms with Gasteiger partial charge in [0, 0.05) is 12.1 Å². The Bertz CT molecular complexity index is 941. The van der Waals surface area contributed by atoms with E-state index in [1.165, 1.54) is 5.56 Å². The molecular formula is C19H18Cl4N2O. The second-order valence-electron chi connectivity index (χ2n) is 6.10. The second-order valence-corrected chi connectivity index (χ2v) is 7.76. The van der Waals surface area contributed by atoms with Crippen molar-refractivity contribution in [3.8, 4) is 11.8 Å². The second kappa shape index (κ2) is 7.85. The number of hydrogen-bond donors (Lipinski definition) is 0. The SMILES string of the molecule is CCC(CC)c1ccc(Cl)c2nc(Oc3c(Cl)cc(Cl)cc3Cl)n(C)c12. The van der Waals surface area contributed by atoms with Gasteiger partial charge in [-0.25, -0.2) is 0 Å². The van der Waals surface area contributed by atoms with E-state index in [0.717, 1.165) is 18.4 Å². The molecule has 0 saturated carbocycles. The molecule has 0 atom stereocenters. The first kappa shape index (κ1) is 19.6. The summed E-state index contributed by atoms with van der Waals surface area (Å²) in [5, 5.41) is 1.66. The first-order chi connectivity index (χ1) is 12.4. The summed E-state index contributed by atoms with van der Waals surface area (Å²) in [6.45, 7) is 4.35. The van der Waals surface area contributed by atoms with Crippen molar-refractivity contribution in [3.63, 3.8) is 0 Å². The maximum atomic E-state index is 6.39. The van der Waals surface area contributed by atoms with E-state index in [9.17, 15) is 0 Å². The highest BCUT2D eigenvalue weighted by molar-refractivity contribution is 6.40. The van der Waals surface area contributed by atoms with Crippen molar-refractivity contribution in [3.05, 3.63) is 49.9 Å². The van der Waals surface area contributed by atoms with Gasteiger partial charge >= 0.3 is 6.01 Å². The summed E-state index contributed by atoms with van der Waals surface area (Å²) in [5.41, 5.74) is 2.87. The molecule has 0 aliphatic heterocycles. The van der Waals surface area contributed by atoms with Crippen LogP contribution in [0.1, 0.15) is 38.2 Å². The molecule has 1 aromatic heterocycles. The van der Waals surface area contributed by atoms with Crippen molar-refractivity contribution in [2.75, 3.05) is 0 Å². The van der Waals surface area contributed by atoms with Gasteiger partial charge in [0.1, 0.15) is 5.52 Å². The van der Waals surface area contributed by atoms with Crippen LogP contribution in [-0.2, 0) is 7.05 Å². The standard InChI is InChI=1S/C19H18Cl4N2O/c1-4-10(5-2)12-6-7-13(21)16-17(12)25(3)19(24-16)26-18-14(22)8-11(20)9-15(18)23/h6-10H,4-5H2,1-3H3. The van der Waals surface area contributed by atoms with Gasteiger partial charge in [-0.15, -0.1) is 0 Å². The Hall–Kier alpha value is -1.13. The molecule has 0 aliphatic rings. The summed E-state index contributed by atoms with van der Waals surface area (Å²) < 4.78 is 7.82. The maximum Gasteiger partial charge on any atom is 0.302 e.